The van der Waals surface area contributed by atoms with Gasteiger partial charge in [0, 0.05) is 16.6 Å². The standard InChI is InChI=1S/C10H13BrFNO/c11-9-2-3-10(14)8(6-9)7-13-5-1-4-12/h2-3,6,13-14H,1,4-5,7H2. The number of halogens is 2. The van der Waals surface area contributed by atoms with E-state index in [9.17, 15) is 9.50 Å². The third-order valence-corrected chi connectivity index (χ3v) is 2.34. The Balaban J connectivity index is 2.45. The van der Waals surface area contributed by atoms with Gasteiger partial charge in [-0.3, -0.25) is 4.39 Å². The third-order valence-electron chi connectivity index (χ3n) is 1.84. The van der Waals surface area contributed by atoms with Crippen molar-refractivity contribution in [3.05, 3.63) is 28.2 Å². The first-order chi connectivity index (χ1) is 6.74. The van der Waals surface area contributed by atoms with Crippen molar-refractivity contribution in [2.24, 2.45) is 0 Å². The topological polar surface area (TPSA) is 32.3 Å². The van der Waals surface area contributed by atoms with Crippen molar-refractivity contribution in [3.63, 3.8) is 0 Å². The van der Waals surface area contributed by atoms with Crippen LogP contribution in [0.5, 0.6) is 5.75 Å². The van der Waals surface area contributed by atoms with E-state index < -0.39 is 0 Å². The second-order valence-corrected chi connectivity index (χ2v) is 3.91. The fourth-order valence-corrected chi connectivity index (χ4v) is 1.52. The Morgan fingerprint density at radius 2 is 2.21 bits per heavy atom. The summed E-state index contributed by atoms with van der Waals surface area (Å²) in [6.07, 6.45) is 0.509. The molecule has 0 radical (unpaired) electrons. The maximum Gasteiger partial charge on any atom is 0.120 e. The summed E-state index contributed by atoms with van der Waals surface area (Å²) in [5.74, 6) is 0.265. The molecule has 0 aliphatic carbocycles. The normalized spacial score (nSPS) is 10.4. The maximum absolute atomic E-state index is 11.8. The van der Waals surface area contributed by atoms with Gasteiger partial charge in [0.1, 0.15) is 5.75 Å². The largest absolute Gasteiger partial charge is 0.508 e. The van der Waals surface area contributed by atoms with E-state index in [1.54, 1.807) is 12.1 Å². The molecule has 0 aromatic heterocycles. The second kappa shape index (κ2) is 5.98. The highest BCUT2D eigenvalue weighted by Gasteiger charge is 2.00. The molecular weight excluding hydrogens is 249 g/mol. The van der Waals surface area contributed by atoms with E-state index in [0.29, 0.717) is 19.5 Å². The molecule has 0 fully saturated rings. The number of benzene rings is 1. The van der Waals surface area contributed by atoms with Gasteiger partial charge in [-0.25, -0.2) is 0 Å². The zero-order valence-corrected chi connectivity index (χ0v) is 9.35. The maximum atomic E-state index is 11.8. The van der Waals surface area contributed by atoms with Gasteiger partial charge in [-0.15, -0.1) is 0 Å². The van der Waals surface area contributed by atoms with Crippen molar-refractivity contribution in [3.8, 4) is 5.75 Å². The Morgan fingerprint density at radius 3 is 2.93 bits per heavy atom. The highest BCUT2D eigenvalue weighted by Crippen LogP contribution is 2.21. The lowest BCUT2D eigenvalue weighted by atomic mass is 10.2. The lowest BCUT2D eigenvalue weighted by Crippen LogP contribution is -2.15. The fourth-order valence-electron chi connectivity index (χ4n) is 1.11. The van der Waals surface area contributed by atoms with Crippen molar-refractivity contribution in [2.75, 3.05) is 13.2 Å². The molecule has 0 aliphatic heterocycles. The van der Waals surface area contributed by atoms with Gasteiger partial charge in [0.2, 0.25) is 0 Å². The van der Waals surface area contributed by atoms with Crippen molar-refractivity contribution in [1.82, 2.24) is 5.32 Å². The minimum Gasteiger partial charge on any atom is -0.508 e. The zero-order chi connectivity index (χ0) is 10.4. The van der Waals surface area contributed by atoms with Crippen LogP contribution in [0.25, 0.3) is 0 Å². The van der Waals surface area contributed by atoms with Gasteiger partial charge in [0.15, 0.2) is 0 Å². The number of aromatic hydroxyl groups is 1. The van der Waals surface area contributed by atoms with Crippen LogP contribution in [-0.2, 0) is 6.54 Å². The minimum absolute atomic E-state index is 0.265. The van der Waals surface area contributed by atoms with Crippen molar-refractivity contribution in [2.45, 2.75) is 13.0 Å². The molecular formula is C10H13BrFNO. The quantitative estimate of drug-likeness (QED) is 0.799. The van der Waals surface area contributed by atoms with Crippen LogP contribution < -0.4 is 5.32 Å². The van der Waals surface area contributed by atoms with Crippen LogP contribution in [0, 0.1) is 0 Å². The molecule has 0 bridgehead atoms. The highest BCUT2D eigenvalue weighted by atomic mass is 79.9. The third kappa shape index (κ3) is 3.64. The molecule has 0 saturated carbocycles. The number of phenols is 1. The van der Waals surface area contributed by atoms with Crippen LogP contribution in [0.2, 0.25) is 0 Å². The van der Waals surface area contributed by atoms with E-state index in [2.05, 4.69) is 21.2 Å². The first-order valence-corrected chi connectivity index (χ1v) is 5.27. The molecule has 1 aromatic rings. The van der Waals surface area contributed by atoms with Crippen molar-refractivity contribution in [1.29, 1.82) is 0 Å². The highest BCUT2D eigenvalue weighted by molar-refractivity contribution is 9.10. The van der Waals surface area contributed by atoms with Crippen LogP contribution in [-0.4, -0.2) is 18.3 Å². The molecule has 1 rings (SSSR count). The summed E-state index contributed by atoms with van der Waals surface area (Å²) in [7, 11) is 0. The van der Waals surface area contributed by atoms with Crippen LogP contribution in [0.4, 0.5) is 4.39 Å². The predicted molar refractivity (Wildman–Crippen MR) is 58.1 cm³/mol. The summed E-state index contributed by atoms with van der Waals surface area (Å²) in [6.45, 7) is 0.880. The Morgan fingerprint density at radius 1 is 1.43 bits per heavy atom. The monoisotopic (exact) mass is 261 g/mol. The van der Waals surface area contributed by atoms with E-state index in [0.717, 1.165) is 10.0 Å². The SMILES string of the molecule is Oc1ccc(Br)cc1CNCCCF. The summed E-state index contributed by atoms with van der Waals surface area (Å²) >= 11 is 3.32. The Bertz CT molecular complexity index is 293. The van der Waals surface area contributed by atoms with E-state index in [-0.39, 0.29) is 12.4 Å². The molecule has 4 heteroatoms. The van der Waals surface area contributed by atoms with Gasteiger partial charge in [0.25, 0.3) is 0 Å². The molecule has 2 nitrogen and oxygen atoms in total. The van der Waals surface area contributed by atoms with Crippen LogP contribution >= 0.6 is 15.9 Å². The number of nitrogens with one attached hydrogen (secondary N) is 1. The summed E-state index contributed by atoms with van der Waals surface area (Å²) in [5.41, 5.74) is 0.818. The molecule has 0 aliphatic rings. The number of phenolic OH excluding ortho intramolecular Hbond substituents is 1. The van der Waals surface area contributed by atoms with Gasteiger partial charge in [-0.1, -0.05) is 15.9 Å². The molecule has 0 saturated heterocycles. The molecule has 0 atom stereocenters. The predicted octanol–water partition coefficient (Wildman–Crippen LogP) is 2.60. The number of alkyl halides is 1. The fraction of sp³-hybridized carbons (Fsp3) is 0.400. The molecule has 0 amide bonds. The Hall–Kier alpha value is -0.610. The number of hydrogen-bond acceptors (Lipinski definition) is 2. The lowest BCUT2D eigenvalue weighted by Gasteiger charge is -2.06. The van der Waals surface area contributed by atoms with E-state index in [1.807, 2.05) is 6.07 Å². The molecule has 0 heterocycles. The number of rotatable bonds is 5. The lowest BCUT2D eigenvalue weighted by molar-refractivity contribution is 0.450. The minimum atomic E-state index is -0.308. The molecule has 1 aromatic carbocycles. The van der Waals surface area contributed by atoms with Crippen LogP contribution in [0.1, 0.15) is 12.0 Å². The Labute approximate surface area is 91.3 Å². The smallest absolute Gasteiger partial charge is 0.120 e. The van der Waals surface area contributed by atoms with Gasteiger partial charge in [-0.2, -0.15) is 0 Å². The average Bonchev–Trinajstić information content (AvgIpc) is 2.18. The Kier molecular flexibility index (Phi) is 4.90. The van der Waals surface area contributed by atoms with Crippen molar-refractivity contribution < 1.29 is 9.50 Å². The van der Waals surface area contributed by atoms with E-state index in [1.165, 1.54) is 0 Å². The van der Waals surface area contributed by atoms with Crippen LogP contribution in [0.15, 0.2) is 22.7 Å². The molecule has 78 valence electrons. The number of hydrogen-bond donors (Lipinski definition) is 2. The van der Waals surface area contributed by atoms with Crippen LogP contribution in [0.3, 0.4) is 0 Å². The van der Waals surface area contributed by atoms with E-state index in [4.69, 9.17) is 0 Å². The first kappa shape index (κ1) is 11.5. The summed E-state index contributed by atoms with van der Waals surface area (Å²) < 4.78 is 12.7. The first-order valence-electron chi connectivity index (χ1n) is 4.48. The van der Waals surface area contributed by atoms with Gasteiger partial charge in [-0.05, 0) is 31.2 Å². The second-order valence-electron chi connectivity index (χ2n) is 2.99. The van der Waals surface area contributed by atoms with Crippen molar-refractivity contribution >= 4 is 15.9 Å². The summed E-state index contributed by atoms with van der Waals surface area (Å²) in [4.78, 5) is 0. The average molecular weight is 262 g/mol. The molecule has 0 spiro atoms. The molecule has 0 unspecified atom stereocenters. The molecule has 2 N–H and O–H groups in total. The van der Waals surface area contributed by atoms with Gasteiger partial charge >= 0.3 is 0 Å². The molecule has 14 heavy (non-hydrogen) atoms. The van der Waals surface area contributed by atoms with Gasteiger partial charge < -0.3 is 10.4 Å². The van der Waals surface area contributed by atoms with Gasteiger partial charge in [0.05, 0.1) is 6.67 Å². The van der Waals surface area contributed by atoms with E-state index >= 15 is 0 Å². The summed E-state index contributed by atoms with van der Waals surface area (Å²) in [6, 6.07) is 5.26. The zero-order valence-electron chi connectivity index (χ0n) is 7.76. The summed E-state index contributed by atoms with van der Waals surface area (Å²) in [5, 5.41) is 12.5.